The van der Waals surface area contributed by atoms with Crippen LogP contribution in [0.5, 0.6) is 0 Å². The summed E-state index contributed by atoms with van der Waals surface area (Å²) in [5.74, 6) is -0.347. The van der Waals surface area contributed by atoms with Crippen LogP contribution in [-0.2, 0) is 6.54 Å². The Labute approximate surface area is 107 Å². The van der Waals surface area contributed by atoms with Gasteiger partial charge in [0.05, 0.1) is 5.56 Å². The minimum absolute atomic E-state index is 0.116. The summed E-state index contributed by atoms with van der Waals surface area (Å²) in [6, 6.07) is 3.86. The Hall–Kier alpha value is -1.42. The van der Waals surface area contributed by atoms with Crippen molar-refractivity contribution in [3.63, 3.8) is 0 Å². The molecule has 0 aliphatic heterocycles. The minimum atomic E-state index is -1.04. The molecule has 0 aliphatic carbocycles. The molecule has 0 radical (unpaired) electrons. The summed E-state index contributed by atoms with van der Waals surface area (Å²) in [4.78, 5) is 10.8. The van der Waals surface area contributed by atoms with E-state index in [4.69, 9.17) is 5.11 Å². The molecule has 1 rings (SSSR count). The number of benzene rings is 1. The SMILES string of the molecule is CC(C)C(C)CNCc1cc(C(=O)O)ccc1F. The van der Waals surface area contributed by atoms with E-state index in [0.717, 1.165) is 6.54 Å². The first kappa shape index (κ1) is 14.6. The Kier molecular flexibility index (Phi) is 5.28. The van der Waals surface area contributed by atoms with Crippen molar-refractivity contribution in [3.05, 3.63) is 35.1 Å². The van der Waals surface area contributed by atoms with Gasteiger partial charge in [0.15, 0.2) is 0 Å². The van der Waals surface area contributed by atoms with Crippen LogP contribution in [0.2, 0.25) is 0 Å². The van der Waals surface area contributed by atoms with Crippen LogP contribution < -0.4 is 5.32 Å². The van der Waals surface area contributed by atoms with Crippen molar-refractivity contribution in [3.8, 4) is 0 Å². The van der Waals surface area contributed by atoms with E-state index in [-0.39, 0.29) is 11.4 Å². The number of carboxylic acids is 1. The van der Waals surface area contributed by atoms with Crippen molar-refractivity contribution in [2.75, 3.05) is 6.54 Å². The highest BCUT2D eigenvalue weighted by molar-refractivity contribution is 5.87. The molecule has 1 aromatic rings. The Morgan fingerprint density at radius 2 is 2.06 bits per heavy atom. The average Bonchev–Trinajstić information content (AvgIpc) is 2.30. The number of aromatic carboxylic acids is 1. The lowest BCUT2D eigenvalue weighted by molar-refractivity contribution is 0.0696. The molecule has 4 heteroatoms. The molecule has 100 valence electrons. The summed E-state index contributed by atoms with van der Waals surface area (Å²) >= 11 is 0. The summed E-state index contributed by atoms with van der Waals surface area (Å²) in [6.07, 6.45) is 0. The third-order valence-corrected chi connectivity index (χ3v) is 3.21. The van der Waals surface area contributed by atoms with Gasteiger partial charge >= 0.3 is 5.97 Å². The molecular formula is C14H20FNO2. The van der Waals surface area contributed by atoms with Gasteiger partial charge in [-0.2, -0.15) is 0 Å². The molecule has 0 aromatic heterocycles. The first-order chi connectivity index (χ1) is 8.41. The number of hydrogen-bond donors (Lipinski definition) is 2. The molecule has 3 nitrogen and oxygen atoms in total. The van der Waals surface area contributed by atoms with Crippen LogP contribution in [0.1, 0.15) is 36.7 Å². The fourth-order valence-corrected chi connectivity index (χ4v) is 1.51. The van der Waals surface area contributed by atoms with E-state index < -0.39 is 5.97 Å². The van der Waals surface area contributed by atoms with Gasteiger partial charge in [-0.25, -0.2) is 9.18 Å². The Morgan fingerprint density at radius 1 is 1.39 bits per heavy atom. The van der Waals surface area contributed by atoms with Crippen molar-refractivity contribution >= 4 is 5.97 Å². The second-order valence-electron chi connectivity index (χ2n) is 4.96. The normalized spacial score (nSPS) is 12.7. The first-order valence-corrected chi connectivity index (χ1v) is 6.14. The van der Waals surface area contributed by atoms with Crippen LogP contribution in [0.4, 0.5) is 4.39 Å². The van der Waals surface area contributed by atoms with Crippen LogP contribution in [0.25, 0.3) is 0 Å². The van der Waals surface area contributed by atoms with Gasteiger partial charge in [0.2, 0.25) is 0 Å². The van der Waals surface area contributed by atoms with E-state index in [1.807, 2.05) is 0 Å². The number of hydrogen-bond acceptors (Lipinski definition) is 2. The van der Waals surface area contributed by atoms with E-state index >= 15 is 0 Å². The Morgan fingerprint density at radius 3 is 2.61 bits per heavy atom. The molecule has 0 saturated heterocycles. The minimum Gasteiger partial charge on any atom is -0.478 e. The average molecular weight is 253 g/mol. The van der Waals surface area contributed by atoms with Gasteiger partial charge < -0.3 is 10.4 Å². The Bertz CT molecular complexity index is 418. The predicted octanol–water partition coefficient (Wildman–Crippen LogP) is 2.91. The topological polar surface area (TPSA) is 49.3 Å². The zero-order valence-electron chi connectivity index (χ0n) is 11.0. The molecule has 1 atom stereocenters. The van der Waals surface area contributed by atoms with Crippen molar-refractivity contribution in [2.45, 2.75) is 27.3 Å². The van der Waals surface area contributed by atoms with Crippen LogP contribution in [0.15, 0.2) is 18.2 Å². The third kappa shape index (κ3) is 4.11. The molecule has 0 amide bonds. The molecule has 1 unspecified atom stereocenters. The molecule has 0 spiro atoms. The van der Waals surface area contributed by atoms with Crippen molar-refractivity contribution in [2.24, 2.45) is 11.8 Å². The Balaban J connectivity index is 2.61. The maximum atomic E-state index is 13.5. The molecule has 0 aliphatic rings. The molecule has 0 saturated carbocycles. The maximum absolute atomic E-state index is 13.5. The third-order valence-electron chi connectivity index (χ3n) is 3.21. The standard InChI is InChI=1S/C14H20FNO2/c1-9(2)10(3)7-16-8-12-6-11(14(17)18)4-5-13(12)15/h4-6,9-10,16H,7-8H2,1-3H3,(H,17,18). The maximum Gasteiger partial charge on any atom is 0.335 e. The summed E-state index contributed by atoms with van der Waals surface area (Å²) in [5, 5.41) is 12.0. The summed E-state index contributed by atoms with van der Waals surface area (Å²) in [6.45, 7) is 7.54. The fraction of sp³-hybridized carbons (Fsp3) is 0.500. The van der Waals surface area contributed by atoms with Crippen molar-refractivity contribution < 1.29 is 14.3 Å². The van der Waals surface area contributed by atoms with Crippen LogP contribution in [0.3, 0.4) is 0 Å². The highest BCUT2D eigenvalue weighted by Crippen LogP contribution is 2.12. The molecule has 0 fully saturated rings. The summed E-state index contributed by atoms with van der Waals surface area (Å²) < 4.78 is 13.5. The van der Waals surface area contributed by atoms with E-state index in [0.29, 0.717) is 23.9 Å². The predicted molar refractivity (Wildman–Crippen MR) is 69.1 cm³/mol. The summed E-state index contributed by atoms with van der Waals surface area (Å²) in [5.41, 5.74) is 0.510. The number of halogens is 1. The van der Waals surface area contributed by atoms with Crippen molar-refractivity contribution in [1.29, 1.82) is 0 Å². The second kappa shape index (κ2) is 6.50. The fourth-order valence-electron chi connectivity index (χ4n) is 1.51. The molecule has 2 N–H and O–H groups in total. The summed E-state index contributed by atoms with van der Waals surface area (Å²) in [7, 11) is 0. The monoisotopic (exact) mass is 253 g/mol. The number of nitrogens with one attached hydrogen (secondary N) is 1. The zero-order chi connectivity index (χ0) is 13.7. The number of carboxylic acid groups (broad SMARTS) is 1. The first-order valence-electron chi connectivity index (χ1n) is 6.14. The highest BCUT2D eigenvalue weighted by Gasteiger charge is 2.10. The van der Waals surface area contributed by atoms with Gasteiger partial charge in [-0.1, -0.05) is 20.8 Å². The molecule has 1 aromatic carbocycles. The smallest absolute Gasteiger partial charge is 0.335 e. The van der Waals surface area contributed by atoms with Gasteiger partial charge in [0.25, 0.3) is 0 Å². The van der Waals surface area contributed by atoms with E-state index in [9.17, 15) is 9.18 Å². The lowest BCUT2D eigenvalue weighted by Crippen LogP contribution is -2.24. The van der Waals surface area contributed by atoms with Crippen molar-refractivity contribution in [1.82, 2.24) is 5.32 Å². The number of rotatable bonds is 6. The quantitative estimate of drug-likeness (QED) is 0.819. The van der Waals surface area contributed by atoms with Gasteiger partial charge in [-0.3, -0.25) is 0 Å². The van der Waals surface area contributed by atoms with Crippen LogP contribution >= 0.6 is 0 Å². The van der Waals surface area contributed by atoms with E-state index in [2.05, 4.69) is 26.1 Å². The second-order valence-corrected chi connectivity index (χ2v) is 4.96. The largest absolute Gasteiger partial charge is 0.478 e. The van der Waals surface area contributed by atoms with Gasteiger partial charge in [0.1, 0.15) is 5.82 Å². The lowest BCUT2D eigenvalue weighted by atomic mass is 9.98. The molecular weight excluding hydrogens is 233 g/mol. The highest BCUT2D eigenvalue weighted by atomic mass is 19.1. The van der Waals surface area contributed by atoms with Gasteiger partial charge in [0, 0.05) is 12.1 Å². The zero-order valence-corrected chi connectivity index (χ0v) is 11.0. The van der Waals surface area contributed by atoms with Gasteiger partial charge in [-0.15, -0.1) is 0 Å². The number of carbonyl (C=O) groups is 1. The van der Waals surface area contributed by atoms with Crippen LogP contribution in [0, 0.1) is 17.7 Å². The lowest BCUT2D eigenvalue weighted by Gasteiger charge is -2.16. The van der Waals surface area contributed by atoms with Crippen LogP contribution in [-0.4, -0.2) is 17.6 Å². The molecule has 0 bridgehead atoms. The molecule has 0 heterocycles. The van der Waals surface area contributed by atoms with Gasteiger partial charge in [-0.05, 0) is 36.6 Å². The van der Waals surface area contributed by atoms with E-state index in [1.54, 1.807) is 0 Å². The van der Waals surface area contributed by atoms with E-state index in [1.165, 1.54) is 18.2 Å². The molecule has 18 heavy (non-hydrogen) atoms.